The summed E-state index contributed by atoms with van der Waals surface area (Å²) in [5.41, 5.74) is -0.757. The van der Waals surface area contributed by atoms with Gasteiger partial charge in [-0.2, -0.15) is 0 Å². The number of esters is 1. The van der Waals surface area contributed by atoms with Gasteiger partial charge in [0.05, 0.1) is 6.10 Å². The highest BCUT2D eigenvalue weighted by molar-refractivity contribution is 6.50. The number of rotatable bonds is 2. The summed E-state index contributed by atoms with van der Waals surface area (Å²) in [5, 5.41) is 22.3. The molecule has 0 aromatic carbocycles. The van der Waals surface area contributed by atoms with Crippen LogP contribution in [0.5, 0.6) is 0 Å². The summed E-state index contributed by atoms with van der Waals surface area (Å²) >= 11 is 0. The van der Waals surface area contributed by atoms with E-state index in [1.165, 1.54) is 6.92 Å². The van der Waals surface area contributed by atoms with Gasteiger partial charge in [-0.1, -0.05) is 41.0 Å². The number of allylic oxidation sites excluding steroid dienone is 2. The number of aliphatic hydroxyl groups excluding tert-OH is 2. The number of ketones is 2. The molecular weight excluding hydrogens is 360 g/mol. The summed E-state index contributed by atoms with van der Waals surface area (Å²) in [7, 11) is 0. The normalized spacial score (nSPS) is 35.1. The van der Waals surface area contributed by atoms with Crippen LogP contribution in [0.2, 0.25) is 0 Å². The minimum absolute atomic E-state index is 0.0187. The molecular formula is C22H30O6. The number of carbonyl (C=O) groups is 3. The van der Waals surface area contributed by atoms with Crippen molar-refractivity contribution >= 4 is 17.5 Å². The van der Waals surface area contributed by atoms with E-state index in [1.807, 2.05) is 20.8 Å². The molecule has 0 bridgehead atoms. The minimum Gasteiger partial charge on any atom is -0.507 e. The summed E-state index contributed by atoms with van der Waals surface area (Å²) < 4.78 is 5.44. The van der Waals surface area contributed by atoms with Crippen LogP contribution in [0, 0.1) is 22.7 Å². The van der Waals surface area contributed by atoms with Gasteiger partial charge < -0.3 is 14.9 Å². The van der Waals surface area contributed by atoms with Gasteiger partial charge in [-0.3, -0.25) is 14.4 Å². The average Bonchev–Trinajstić information content (AvgIpc) is 2.53. The van der Waals surface area contributed by atoms with Crippen LogP contribution in [-0.4, -0.2) is 40.0 Å². The molecule has 0 unspecified atom stereocenters. The third-order valence-corrected chi connectivity index (χ3v) is 6.88. The lowest BCUT2D eigenvalue weighted by molar-refractivity contribution is -0.166. The molecule has 3 rings (SSSR count). The Kier molecular flexibility index (Phi) is 4.86. The summed E-state index contributed by atoms with van der Waals surface area (Å²) in [4.78, 5) is 37.9. The Hall–Kier alpha value is -1.95. The maximum atomic E-state index is 13.3. The first-order chi connectivity index (χ1) is 12.8. The first-order valence-corrected chi connectivity index (χ1v) is 9.97. The predicted octanol–water partition coefficient (Wildman–Crippen LogP) is 3.04. The topological polar surface area (TPSA) is 101 Å². The van der Waals surface area contributed by atoms with Crippen LogP contribution in [0.1, 0.15) is 60.8 Å². The molecule has 2 N–H and O–H groups in total. The van der Waals surface area contributed by atoms with Gasteiger partial charge in [-0.25, -0.2) is 0 Å². The van der Waals surface area contributed by atoms with Crippen molar-refractivity contribution in [3.63, 3.8) is 0 Å². The fraction of sp³-hybridized carbons (Fsp3) is 0.682. The molecule has 4 atom stereocenters. The van der Waals surface area contributed by atoms with Crippen molar-refractivity contribution in [2.75, 3.05) is 0 Å². The third-order valence-electron chi connectivity index (χ3n) is 6.88. The van der Waals surface area contributed by atoms with Crippen molar-refractivity contribution in [3.8, 4) is 0 Å². The molecule has 6 heteroatoms. The van der Waals surface area contributed by atoms with E-state index < -0.39 is 35.2 Å². The molecule has 1 fully saturated rings. The maximum Gasteiger partial charge on any atom is 0.303 e. The molecule has 0 radical (unpaired) electrons. The molecule has 0 saturated heterocycles. The minimum atomic E-state index is -1.17. The number of fused-ring (bicyclic) bond motifs is 2. The fourth-order valence-corrected chi connectivity index (χ4v) is 5.97. The zero-order chi connectivity index (χ0) is 21.2. The fourth-order valence-electron chi connectivity index (χ4n) is 5.97. The van der Waals surface area contributed by atoms with Gasteiger partial charge in [0, 0.05) is 35.0 Å². The highest BCUT2D eigenvalue weighted by Crippen LogP contribution is 2.61. The Balaban J connectivity index is 2.36. The SMILES string of the molecule is CC(=O)O[C@@H]1C2=C(C(=O)C(=O)C(C(C)C)=C2O)[C@]2(C)CCCC(C)(C)[C@H]2[C@H]1O. The maximum absolute atomic E-state index is 13.3. The van der Waals surface area contributed by atoms with Crippen molar-refractivity contribution in [1.82, 2.24) is 0 Å². The van der Waals surface area contributed by atoms with Crippen molar-refractivity contribution in [3.05, 3.63) is 22.5 Å². The molecule has 154 valence electrons. The van der Waals surface area contributed by atoms with E-state index in [0.29, 0.717) is 6.42 Å². The van der Waals surface area contributed by atoms with Crippen LogP contribution in [0.4, 0.5) is 0 Å². The largest absolute Gasteiger partial charge is 0.507 e. The van der Waals surface area contributed by atoms with Gasteiger partial charge >= 0.3 is 5.97 Å². The highest BCUT2D eigenvalue weighted by Gasteiger charge is 2.62. The summed E-state index contributed by atoms with van der Waals surface area (Å²) in [5.74, 6) is -3.05. The Morgan fingerprint density at radius 2 is 1.75 bits per heavy atom. The van der Waals surface area contributed by atoms with Crippen LogP contribution < -0.4 is 0 Å². The Morgan fingerprint density at radius 3 is 2.29 bits per heavy atom. The van der Waals surface area contributed by atoms with E-state index in [9.17, 15) is 24.6 Å². The van der Waals surface area contributed by atoms with E-state index in [4.69, 9.17) is 4.74 Å². The molecule has 0 aromatic rings. The lowest BCUT2D eigenvalue weighted by Gasteiger charge is -2.58. The van der Waals surface area contributed by atoms with Gasteiger partial charge in [0.2, 0.25) is 11.6 Å². The van der Waals surface area contributed by atoms with E-state index in [2.05, 4.69) is 0 Å². The Bertz CT molecular complexity index is 815. The van der Waals surface area contributed by atoms with E-state index >= 15 is 0 Å². The summed E-state index contributed by atoms with van der Waals surface area (Å²) in [6, 6.07) is 0. The van der Waals surface area contributed by atoms with E-state index in [1.54, 1.807) is 13.8 Å². The molecule has 28 heavy (non-hydrogen) atoms. The van der Waals surface area contributed by atoms with Gasteiger partial charge in [-0.15, -0.1) is 0 Å². The standard InChI is InChI=1S/C22H30O6/c1-10(2)12-15(24)13-14(17(26)16(12)25)22(6)9-7-8-21(4,5)20(22)18(27)19(13)28-11(3)23/h10,18-20,24,27H,7-9H2,1-6H3/t18-,19+,20+,22-/m0/s1. The molecule has 0 aromatic heterocycles. The highest BCUT2D eigenvalue weighted by atomic mass is 16.6. The zero-order valence-corrected chi connectivity index (χ0v) is 17.5. The molecule has 3 aliphatic carbocycles. The number of aliphatic hydroxyl groups is 2. The average molecular weight is 390 g/mol. The first-order valence-electron chi connectivity index (χ1n) is 9.97. The lowest BCUT2D eigenvalue weighted by Crippen LogP contribution is -2.60. The first kappa shape index (κ1) is 20.8. The monoisotopic (exact) mass is 390 g/mol. The van der Waals surface area contributed by atoms with Crippen molar-refractivity contribution < 1.29 is 29.3 Å². The molecule has 6 nitrogen and oxygen atoms in total. The third kappa shape index (κ3) is 2.76. The van der Waals surface area contributed by atoms with Crippen LogP contribution >= 0.6 is 0 Å². The van der Waals surface area contributed by atoms with Crippen molar-refractivity contribution in [1.29, 1.82) is 0 Å². The van der Waals surface area contributed by atoms with Crippen LogP contribution in [0.3, 0.4) is 0 Å². The van der Waals surface area contributed by atoms with E-state index in [0.717, 1.165) is 12.8 Å². The lowest BCUT2D eigenvalue weighted by atomic mass is 9.47. The second-order valence-corrected chi connectivity index (χ2v) is 9.62. The van der Waals surface area contributed by atoms with Gasteiger partial charge in [-0.05, 0) is 24.2 Å². The predicted molar refractivity (Wildman–Crippen MR) is 102 cm³/mol. The second kappa shape index (κ2) is 6.55. The number of hydrogen-bond donors (Lipinski definition) is 2. The quantitative estimate of drug-likeness (QED) is 0.427. The van der Waals surface area contributed by atoms with Crippen LogP contribution in [0.25, 0.3) is 0 Å². The van der Waals surface area contributed by atoms with Gasteiger partial charge in [0.1, 0.15) is 5.76 Å². The van der Waals surface area contributed by atoms with Crippen LogP contribution in [0.15, 0.2) is 22.5 Å². The molecule has 1 saturated carbocycles. The molecule has 0 amide bonds. The van der Waals surface area contributed by atoms with E-state index in [-0.39, 0.29) is 39.7 Å². The number of carbonyl (C=O) groups excluding carboxylic acids is 3. The van der Waals surface area contributed by atoms with Crippen molar-refractivity contribution in [2.45, 2.75) is 73.0 Å². The van der Waals surface area contributed by atoms with Gasteiger partial charge in [0.15, 0.2) is 6.10 Å². The smallest absolute Gasteiger partial charge is 0.303 e. The molecule has 0 heterocycles. The Morgan fingerprint density at radius 1 is 1.14 bits per heavy atom. The molecule has 0 aliphatic heterocycles. The number of ether oxygens (including phenoxy) is 1. The summed E-state index contributed by atoms with van der Waals surface area (Å²) in [6.07, 6.45) is 0.0481. The Labute approximate surface area is 165 Å². The number of Topliss-reactive ketones (excluding diaryl/α,β-unsaturated/α-hetero) is 2. The molecule has 3 aliphatic rings. The molecule has 0 spiro atoms. The van der Waals surface area contributed by atoms with Gasteiger partial charge in [0.25, 0.3) is 0 Å². The second-order valence-electron chi connectivity index (χ2n) is 9.62. The summed E-state index contributed by atoms with van der Waals surface area (Å²) in [6.45, 7) is 10.6. The zero-order valence-electron chi connectivity index (χ0n) is 17.5. The number of hydrogen-bond acceptors (Lipinski definition) is 6. The van der Waals surface area contributed by atoms with Crippen LogP contribution in [-0.2, 0) is 19.1 Å². The van der Waals surface area contributed by atoms with Crippen molar-refractivity contribution in [2.24, 2.45) is 22.7 Å².